The van der Waals surface area contributed by atoms with E-state index in [1.54, 1.807) is 0 Å². The summed E-state index contributed by atoms with van der Waals surface area (Å²) in [5, 5.41) is 0. The summed E-state index contributed by atoms with van der Waals surface area (Å²) in [6, 6.07) is 0. The van der Waals surface area contributed by atoms with Gasteiger partial charge in [-0.3, -0.25) is 9.59 Å². The zero-order valence-electron chi connectivity index (χ0n) is 5.98. The Morgan fingerprint density at radius 3 is 1.85 bits per heavy atom. The van der Waals surface area contributed by atoms with Crippen molar-refractivity contribution in [3.8, 4) is 0 Å². The molecule has 6 heteroatoms. The van der Waals surface area contributed by atoms with Gasteiger partial charge in [-0.25, -0.2) is 4.39 Å². The third-order valence-corrected chi connectivity index (χ3v) is 1.35. The standard InChI is InChI=1S/C7H2F4O2/c8-6-4(13)2-1-3(12)5(6)7(9,10)11/h1-2H. The van der Waals surface area contributed by atoms with Crippen molar-refractivity contribution >= 4 is 11.6 Å². The molecule has 0 N–H and O–H groups in total. The molecule has 0 fully saturated rings. The zero-order chi connectivity index (χ0) is 10.2. The summed E-state index contributed by atoms with van der Waals surface area (Å²) in [7, 11) is 0. The van der Waals surface area contributed by atoms with Crippen LogP contribution in [0.5, 0.6) is 0 Å². The summed E-state index contributed by atoms with van der Waals surface area (Å²) in [6.07, 6.45) is -4.26. The monoisotopic (exact) mass is 194 g/mol. The molecule has 1 rings (SSSR count). The average molecular weight is 194 g/mol. The Morgan fingerprint density at radius 1 is 1.00 bits per heavy atom. The number of rotatable bonds is 0. The molecule has 1 aliphatic carbocycles. The van der Waals surface area contributed by atoms with Crippen molar-refractivity contribution in [2.24, 2.45) is 0 Å². The summed E-state index contributed by atoms with van der Waals surface area (Å²) in [5.74, 6) is -5.02. The molecule has 1 aliphatic rings. The van der Waals surface area contributed by atoms with Crippen molar-refractivity contribution in [1.29, 1.82) is 0 Å². The maximum absolute atomic E-state index is 12.5. The van der Waals surface area contributed by atoms with Crippen molar-refractivity contribution in [3.05, 3.63) is 23.6 Å². The molecule has 0 amide bonds. The Morgan fingerprint density at radius 2 is 1.46 bits per heavy atom. The van der Waals surface area contributed by atoms with Gasteiger partial charge in [0.15, 0.2) is 11.6 Å². The van der Waals surface area contributed by atoms with E-state index in [9.17, 15) is 27.2 Å². The molecular formula is C7H2F4O2. The topological polar surface area (TPSA) is 34.1 Å². The predicted octanol–water partition coefficient (Wildman–Crippen LogP) is 1.48. The second-order valence-corrected chi connectivity index (χ2v) is 2.25. The Hall–Kier alpha value is -1.46. The number of alkyl halides is 3. The molecule has 0 heterocycles. The number of ketones is 2. The van der Waals surface area contributed by atoms with Gasteiger partial charge in [0.2, 0.25) is 5.78 Å². The van der Waals surface area contributed by atoms with Gasteiger partial charge in [-0.05, 0) is 12.2 Å². The minimum absolute atomic E-state index is 0.397. The first kappa shape index (κ1) is 9.63. The normalized spacial score (nSPS) is 18.5. The Labute approximate surface area is 69.5 Å². The number of hydrogen-bond acceptors (Lipinski definition) is 2. The summed E-state index contributed by atoms with van der Waals surface area (Å²) >= 11 is 0. The molecule has 70 valence electrons. The fourth-order valence-electron chi connectivity index (χ4n) is 0.803. The van der Waals surface area contributed by atoms with Crippen LogP contribution in [0.1, 0.15) is 0 Å². The van der Waals surface area contributed by atoms with Crippen LogP contribution in [0.25, 0.3) is 0 Å². The first-order valence-corrected chi connectivity index (χ1v) is 3.07. The number of hydrogen-bond donors (Lipinski definition) is 0. The lowest BCUT2D eigenvalue weighted by atomic mass is 10.0. The number of carbonyl (C=O) groups is 2. The Balaban J connectivity index is 3.26. The van der Waals surface area contributed by atoms with Crippen LogP contribution in [-0.2, 0) is 9.59 Å². The fraction of sp³-hybridized carbons (Fsp3) is 0.143. The van der Waals surface area contributed by atoms with Crippen LogP contribution in [0.4, 0.5) is 17.6 Å². The van der Waals surface area contributed by atoms with Crippen LogP contribution in [0, 0.1) is 0 Å². The number of halogens is 4. The van der Waals surface area contributed by atoms with E-state index in [0.29, 0.717) is 12.2 Å². The van der Waals surface area contributed by atoms with Gasteiger partial charge in [-0.2, -0.15) is 13.2 Å². The summed E-state index contributed by atoms with van der Waals surface area (Å²) in [5.41, 5.74) is -2.03. The smallest absolute Gasteiger partial charge is 0.289 e. The molecule has 0 atom stereocenters. The highest BCUT2D eigenvalue weighted by Gasteiger charge is 2.43. The molecule has 0 aromatic carbocycles. The maximum atomic E-state index is 12.5. The SMILES string of the molecule is O=C1C=CC(=O)C(C(F)(F)F)=C1F. The molecule has 0 aromatic heterocycles. The molecule has 0 spiro atoms. The highest BCUT2D eigenvalue weighted by Crippen LogP contribution is 2.32. The first-order valence-electron chi connectivity index (χ1n) is 3.07. The molecular weight excluding hydrogens is 192 g/mol. The van der Waals surface area contributed by atoms with Crippen LogP contribution >= 0.6 is 0 Å². The molecule has 0 aromatic rings. The number of carbonyl (C=O) groups excluding carboxylic acids is 2. The minimum Gasteiger partial charge on any atom is -0.289 e. The third kappa shape index (κ3) is 1.66. The van der Waals surface area contributed by atoms with Crippen molar-refractivity contribution in [2.45, 2.75) is 6.18 Å². The van der Waals surface area contributed by atoms with E-state index in [1.807, 2.05) is 0 Å². The van der Waals surface area contributed by atoms with E-state index in [-0.39, 0.29) is 0 Å². The van der Waals surface area contributed by atoms with E-state index < -0.39 is 29.1 Å². The van der Waals surface area contributed by atoms with Gasteiger partial charge in [0.05, 0.1) is 0 Å². The van der Waals surface area contributed by atoms with Gasteiger partial charge in [0, 0.05) is 0 Å². The van der Waals surface area contributed by atoms with E-state index in [0.717, 1.165) is 0 Å². The molecule has 0 unspecified atom stereocenters. The summed E-state index contributed by atoms with van der Waals surface area (Å²) in [6.45, 7) is 0. The van der Waals surface area contributed by atoms with E-state index in [2.05, 4.69) is 0 Å². The Kier molecular flexibility index (Phi) is 2.07. The maximum Gasteiger partial charge on any atom is 0.423 e. The third-order valence-electron chi connectivity index (χ3n) is 1.35. The molecule has 13 heavy (non-hydrogen) atoms. The molecule has 2 nitrogen and oxygen atoms in total. The van der Waals surface area contributed by atoms with Gasteiger partial charge in [-0.15, -0.1) is 0 Å². The fourth-order valence-corrected chi connectivity index (χ4v) is 0.803. The van der Waals surface area contributed by atoms with Crippen molar-refractivity contribution in [2.75, 3.05) is 0 Å². The highest BCUT2D eigenvalue weighted by atomic mass is 19.4. The van der Waals surface area contributed by atoms with E-state index in [4.69, 9.17) is 0 Å². The van der Waals surface area contributed by atoms with Gasteiger partial charge in [0.25, 0.3) is 0 Å². The first-order chi connectivity index (χ1) is 5.84. The average Bonchev–Trinajstić information content (AvgIpc) is 1.95. The molecule has 0 bridgehead atoms. The van der Waals surface area contributed by atoms with Crippen molar-refractivity contribution in [1.82, 2.24) is 0 Å². The van der Waals surface area contributed by atoms with E-state index in [1.165, 1.54) is 0 Å². The van der Waals surface area contributed by atoms with Crippen LogP contribution in [0.15, 0.2) is 23.6 Å². The number of allylic oxidation sites excluding steroid dienone is 4. The second-order valence-electron chi connectivity index (χ2n) is 2.25. The molecule has 0 saturated heterocycles. The van der Waals surface area contributed by atoms with Crippen LogP contribution in [0.2, 0.25) is 0 Å². The predicted molar refractivity (Wildman–Crippen MR) is 33.3 cm³/mol. The van der Waals surface area contributed by atoms with Crippen LogP contribution in [0.3, 0.4) is 0 Å². The minimum atomic E-state index is -5.12. The van der Waals surface area contributed by atoms with Crippen molar-refractivity contribution in [3.63, 3.8) is 0 Å². The second kappa shape index (κ2) is 2.79. The molecule has 0 radical (unpaired) electrons. The highest BCUT2D eigenvalue weighted by molar-refractivity contribution is 6.19. The molecule has 0 aliphatic heterocycles. The summed E-state index contributed by atoms with van der Waals surface area (Å²) in [4.78, 5) is 21.0. The molecule has 0 saturated carbocycles. The van der Waals surface area contributed by atoms with Gasteiger partial charge in [-0.1, -0.05) is 0 Å². The lowest BCUT2D eigenvalue weighted by Crippen LogP contribution is -2.24. The van der Waals surface area contributed by atoms with Crippen LogP contribution in [-0.4, -0.2) is 17.7 Å². The lowest BCUT2D eigenvalue weighted by Gasteiger charge is -2.11. The van der Waals surface area contributed by atoms with E-state index >= 15 is 0 Å². The van der Waals surface area contributed by atoms with Gasteiger partial charge >= 0.3 is 6.18 Å². The summed E-state index contributed by atoms with van der Waals surface area (Å²) < 4.78 is 48.3. The van der Waals surface area contributed by atoms with Crippen LogP contribution < -0.4 is 0 Å². The Bertz CT molecular complexity index is 335. The quantitative estimate of drug-likeness (QED) is 0.432. The zero-order valence-corrected chi connectivity index (χ0v) is 5.98. The van der Waals surface area contributed by atoms with Crippen molar-refractivity contribution < 1.29 is 27.2 Å². The van der Waals surface area contributed by atoms with Gasteiger partial charge < -0.3 is 0 Å². The largest absolute Gasteiger partial charge is 0.423 e. The van der Waals surface area contributed by atoms with Gasteiger partial charge in [0.1, 0.15) is 5.57 Å². The lowest BCUT2D eigenvalue weighted by molar-refractivity contribution is -0.129.